The number of hydrogen-bond acceptors (Lipinski definition) is 3. The summed E-state index contributed by atoms with van der Waals surface area (Å²) < 4.78 is 6.60. The van der Waals surface area contributed by atoms with Crippen molar-refractivity contribution in [3.63, 3.8) is 0 Å². The van der Waals surface area contributed by atoms with E-state index in [1.54, 1.807) is 0 Å². The number of benzene rings is 1. The SMILES string of the molecule is Clc1ccc(OCCSCC2CNC2)c(Br)c1. The molecule has 5 heteroatoms. The topological polar surface area (TPSA) is 21.3 Å². The zero-order valence-corrected chi connectivity index (χ0v) is 12.6. The standard InChI is InChI=1S/C12H15BrClNOS/c13-11-5-10(14)1-2-12(11)16-3-4-17-8-9-6-15-7-9/h1-2,5,9,15H,3-4,6-8H2. The largest absolute Gasteiger partial charge is 0.492 e. The highest BCUT2D eigenvalue weighted by Gasteiger charge is 2.15. The van der Waals surface area contributed by atoms with E-state index in [0.717, 1.165) is 33.5 Å². The molecule has 0 atom stereocenters. The molecule has 1 heterocycles. The number of hydrogen-bond donors (Lipinski definition) is 1. The quantitative estimate of drug-likeness (QED) is 0.804. The summed E-state index contributed by atoms with van der Waals surface area (Å²) in [5.41, 5.74) is 0. The Kier molecular flexibility index (Phi) is 5.48. The summed E-state index contributed by atoms with van der Waals surface area (Å²) in [6.45, 7) is 3.10. The molecule has 0 spiro atoms. The summed E-state index contributed by atoms with van der Waals surface area (Å²) in [5.74, 6) is 3.99. The van der Waals surface area contributed by atoms with E-state index >= 15 is 0 Å². The second-order valence-electron chi connectivity index (χ2n) is 4.02. The lowest BCUT2D eigenvalue weighted by Crippen LogP contribution is -2.43. The molecule has 0 unspecified atom stereocenters. The fourth-order valence-electron chi connectivity index (χ4n) is 1.52. The van der Waals surface area contributed by atoms with Gasteiger partial charge in [-0.05, 0) is 58.9 Å². The van der Waals surface area contributed by atoms with E-state index in [2.05, 4.69) is 21.2 Å². The zero-order valence-electron chi connectivity index (χ0n) is 9.42. The van der Waals surface area contributed by atoms with Gasteiger partial charge in [-0.25, -0.2) is 0 Å². The van der Waals surface area contributed by atoms with Crippen molar-refractivity contribution in [2.45, 2.75) is 0 Å². The Bertz CT molecular complexity index is 374. The molecule has 0 aromatic heterocycles. The van der Waals surface area contributed by atoms with Gasteiger partial charge >= 0.3 is 0 Å². The van der Waals surface area contributed by atoms with E-state index in [9.17, 15) is 0 Å². The predicted molar refractivity (Wildman–Crippen MR) is 78.3 cm³/mol. The number of rotatable bonds is 6. The van der Waals surface area contributed by atoms with Gasteiger partial charge in [-0.1, -0.05) is 11.6 Å². The maximum atomic E-state index is 5.86. The van der Waals surface area contributed by atoms with Crippen molar-refractivity contribution in [3.05, 3.63) is 27.7 Å². The van der Waals surface area contributed by atoms with Crippen molar-refractivity contribution in [2.24, 2.45) is 5.92 Å². The highest BCUT2D eigenvalue weighted by atomic mass is 79.9. The van der Waals surface area contributed by atoms with E-state index in [-0.39, 0.29) is 0 Å². The van der Waals surface area contributed by atoms with Crippen LogP contribution in [0.3, 0.4) is 0 Å². The molecule has 1 aliphatic heterocycles. The van der Waals surface area contributed by atoms with Crippen molar-refractivity contribution in [3.8, 4) is 5.75 Å². The Morgan fingerprint density at radius 3 is 2.94 bits per heavy atom. The lowest BCUT2D eigenvalue weighted by atomic mass is 10.1. The van der Waals surface area contributed by atoms with E-state index in [1.807, 2.05) is 30.0 Å². The van der Waals surface area contributed by atoms with Crippen LogP contribution in [0, 0.1) is 5.92 Å². The molecule has 1 fully saturated rings. The van der Waals surface area contributed by atoms with Crippen LogP contribution in [0.25, 0.3) is 0 Å². The normalized spacial score (nSPS) is 15.6. The first-order chi connectivity index (χ1) is 8.25. The van der Waals surface area contributed by atoms with Crippen molar-refractivity contribution >= 4 is 39.3 Å². The fourth-order valence-corrected chi connectivity index (χ4v) is 3.25. The zero-order chi connectivity index (χ0) is 12.1. The maximum absolute atomic E-state index is 5.86. The third-order valence-electron chi connectivity index (χ3n) is 2.60. The molecule has 94 valence electrons. The van der Waals surface area contributed by atoms with Crippen LogP contribution in [0.1, 0.15) is 0 Å². The van der Waals surface area contributed by atoms with Gasteiger partial charge in [0.05, 0.1) is 11.1 Å². The fraction of sp³-hybridized carbons (Fsp3) is 0.500. The molecular weight excluding hydrogens is 322 g/mol. The third kappa shape index (κ3) is 4.36. The van der Waals surface area contributed by atoms with E-state index in [0.29, 0.717) is 0 Å². The Hall–Kier alpha value is 0.1000. The van der Waals surface area contributed by atoms with Gasteiger partial charge in [0.15, 0.2) is 0 Å². The molecule has 0 aliphatic carbocycles. The summed E-state index contributed by atoms with van der Waals surface area (Å²) in [7, 11) is 0. The van der Waals surface area contributed by atoms with Crippen molar-refractivity contribution in [1.29, 1.82) is 0 Å². The molecule has 1 aliphatic rings. The summed E-state index contributed by atoms with van der Waals surface area (Å²) in [6, 6.07) is 5.59. The van der Waals surface area contributed by atoms with Crippen LogP contribution < -0.4 is 10.1 Å². The van der Waals surface area contributed by atoms with Crippen LogP contribution in [-0.4, -0.2) is 31.2 Å². The van der Waals surface area contributed by atoms with Gasteiger partial charge in [0, 0.05) is 10.8 Å². The number of halogens is 2. The van der Waals surface area contributed by atoms with Gasteiger partial charge in [0.2, 0.25) is 0 Å². The van der Waals surface area contributed by atoms with E-state index < -0.39 is 0 Å². The summed E-state index contributed by atoms with van der Waals surface area (Å²) in [4.78, 5) is 0. The van der Waals surface area contributed by atoms with Crippen LogP contribution in [0.4, 0.5) is 0 Å². The molecule has 17 heavy (non-hydrogen) atoms. The Morgan fingerprint density at radius 1 is 1.47 bits per heavy atom. The number of nitrogens with one attached hydrogen (secondary N) is 1. The Labute approximate surface area is 120 Å². The number of ether oxygens (including phenoxy) is 1. The minimum atomic E-state index is 0.719. The first-order valence-electron chi connectivity index (χ1n) is 5.62. The van der Waals surface area contributed by atoms with Crippen LogP contribution >= 0.6 is 39.3 Å². The second-order valence-corrected chi connectivity index (χ2v) is 6.46. The van der Waals surface area contributed by atoms with Crippen molar-refractivity contribution < 1.29 is 4.74 Å². The average Bonchev–Trinajstić information content (AvgIpc) is 2.23. The third-order valence-corrected chi connectivity index (χ3v) is 4.62. The first kappa shape index (κ1) is 13.5. The van der Waals surface area contributed by atoms with Gasteiger partial charge in [-0.3, -0.25) is 0 Å². The predicted octanol–water partition coefficient (Wildman–Crippen LogP) is 3.43. The lowest BCUT2D eigenvalue weighted by Gasteiger charge is -2.26. The molecule has 0 amide bonds. The molecule has 1 aromatic carbocycles. The molecule has 1 aromatic rings. The Balaban J connectivity index is 1.63. The maximum Gasteiger partial charge on any atom is 0.133 e. The summed E-state index contributed by atoms with van der Waals surface area (Å²) in [5, 5.41) is 4.00. The summed E-state index contributed by atoms with van der Waals surface area (Å²) >= 11 is 11.3. The van der Waals surface area contributed by atoms with Gasteiger partial charge in [-0.15, -0.1) is 0 Å². The minimum Gasteiger partial charge on any atom is -0.492 e. The minimum absolute atomic E-state index is 0.719. The Morgan fingerprint density at radius 2 is 2.29 bits per heavy atom. The highest BCUT2D eigenvalue weighted by molar-refractivity contribution is 9.10. The smallest absolute Gasteiger partial charge is 0.133 e. The molecule has 1 saturated heterocycles. The van der Waals surface area contributed by atoms with Crippen LogP contribution in [0.2, 0.25) is 5.02 Å². The van der Waals surface area contributed by atoms with Crippen LogP contribution in [0.15, 0.2) is 22.7 Å². The first-order valence-corrected chi connectivity index (χ1v) is 7.94. The monoisotopic (exact) mass is 335 g/mol. The van der Waals surface area contributed by atoms with Gasteiger partial charge in [0.25, 0.3) is 0 Å². The van der Waals surface area contributed by atoms with Crippen molar-refractivity contribution in [1.82, 2.24) is 5.32 Å². The molecular formula is C12H15BrClNOS. The molecule has 0 bridgehead atoms. The van der Waals surface area contributed by atoms with Crippen molar-refractivity contribution in [2.75, 3.05) is 31.2 Å². The van der Waals surface area contributed by atoms with Gasteiger partial charge < -0.3 is 10.1 Å². The van der Waals surface area contributed by atoms with Gasteiger partial charge in [-0.2, -0.15) is 11.8 Å². The molecule has 0 radical (unpaired) electrons. The van der Waals surface area contributed by atoms with E-state index in [1.165, 1.54) is 18.8 Å². The number of thioether (sulfide) groups is 1. The highest BCUT2D eigenvalue weighted by Crippen LogP contribution is 2.28. The van der Waals surface area contributed by atoms with E-state index in [4.69, 9.17) is 16.3 Å². The summed E-state index contributed by atoms with van der Waals surface area (Å²) in [6.07, 6.45) is 0. The van der Waals surface area contributed by atoms with Crippen LogP contribution in [0.5, 0.6) is 5.75 Å². The lowest BCUT2D eigenvalue weighted by molar-refractivity contribution is 0.341. The molecule has 2 nitrogen and oxygen atoms in total. The molecule has 0 saturated carbocycles. The average molecular weight is 337 g/mol. The molecule has 2 rings (SSSR count). The second kappa shape index (κ2) is 6.88. The molecule has 1 N–H and O–H groups in total. The van der Waals surface area contributed by atoms with Crippen LogP contribution in [-0.2, 0) is 0 Å². The van der Waals surface area contributed by atoms with Gasteiger partial charge in [0.1, 0.15) is 5.75 Å².